The lowest BCUT2D eigenvalue weighted by Crippen LogP contribution is -2.18. The van der Waals surface area contributed by atoms with Gasteiger partial charge < -0.3 is 15.3 Å². The van der Waals surface area contributed by atoms with Crippen molar-refractivity contribution in [1.29, 1.82) is 0 Å². The molecule has 14 heavy (non-hydrogen) atoms. The molecule has 84 valence electrons. The van der Waals surface area contributed by atoms with Crippen molar-refractivity contribution < 1.29 is 24.9 Å². The third-order valence-electron chi connectivity index (χ3n) is 1.31. The van der Waals surface area contributed by atoms with Crippen LogP contribution in [0, 0.1) is 0 Å². The van der Waals surface area contributed by atoms with Gasteiger partial charge in [0.05, 0.1) is 0 Å². The molecule has 0 radical (unpaired) electrons. The lowest BCUT2D eigenvalue weighted by molar-refractivity contribution is -0.147. The van der Waals surface area contributed by atoms with E-state index in [4.69, 9.17) is 15.3 Å². The van der Waals surface area contributed by atoms with Gasteiger partial charge in [-0.05, 0) is 12.8 Å². The van der Waals surface area contributed by atoms with Crippen LogP contribution in [0.4, 0.5) is 0 Å². The Morgan fingerprint density at radius 1 is 1.14 bits per heavy atom. The predicted molar refractivity (Wildman–Crippen MR) is 51.1 cm³/mol. The minimum Gasteiger partial charge on any atom is -0.481 e. The van der Waals surface area contributed by atoms with Crippen molar-refractivity contribution in [1.82, 2.24) is 0 Å². The molecule has 5 heteroatoms. The number of carbonyl (C=O) groups is 2. The van der Waals surface area contributed by atoms with Crippen molar-refractivity contribution in [2.45, 2.75) is 45.6 Å². The van der Waals surface area contributed by atoms with Gasteiger partial charge in [0, 0.05) is 6.42 Å². The van der Waals surface area contributed by atoms with Crippen LogP contribution in [0.3, 0.4) is 0 Å². The number of aliphatic hydroxyl groups excluding tert-OH is 1. The Hall–Kier alpha value is -1.10. The van der Waals surface area contributed by atoms with Gasteiger partial charge in [-0.15, -0.1) is 0 Å². The molecule has 0 aromatic rings. The first-order valence-electron chi connectivity index (χ1n) is 4.58. The Morgan fingerprint density at radius 2 is 1.64 bits per heavy atom. The van der Waals surface area contributed by atoms with Crippen LogP contribution >= 0.6 is 0 Å². The first-order valence-corrected chi connectivity index (χ1v) is 4.58. The standard InChI is InChI=1S/C5H10O3.C4H8O2/c1-2-3-4(6)5(7)8;1-2-3-4(5)6/h4,6H,2-3H2,1H3,(H,7,8);2-3H2,1H3,(H,5,6). The van der Waals surface area contributed by atoms with Gasteiger partial charge in [-0.1, -0.05) is 20.3 Å². The highest BCUT2D eigenvalue weighted by Crippen LogP contribution is 1.94. The van der Waals surface area contributed by atoms with E-state index in [-0.39, 0.29) is 0 Å². The summed E-state index contributed by atoms with van der Waals surface area (Å²) in [6, 6.07) is 0. The van der Waals surface area contributed by atoms with Gasteiger partial charge in [-0.3, -0.25) is 4.79 Å². The molecule has 5 nitrogen and oxygen atoms in total. The third kappa shape index (κ3) is 13.5. The second-order valence-corrected chi connectivity index (χ2v) is 2.79. The smallest absolute Gasteiger partial charge is 0.332 e. The largest absolute Gasteiger partial charge is 0.481 e. The highest BCUT2D eigenvalue weighted by molar-refractivity contribution is 5.71. The van der Waals surface area contributed by atoms with E-state index in [2.05, 4.69) is 0 Å². The molecule has 0 aliphatic heterocycles. The summed E-state index contributed by atoms with van der Waals surface area (Å²) in [4.78, 5) is 19.4. The summed E-state index contributed by atoms with van der Waals surface area (Å²) in [5.74, 6) is -1.84. The monoisotopic (exact) mass is 206 g/mol. The van der Waals surface area contributed by atoms with Crippen LogP contribution in [-0.4, -0.2) is 33.4 Å². The van der Waals surface area contributed by atoms with Crippen LogP contribution < -0.4 is 0 Å². The van der Waals surface area contributed by atoms with Gasteiger partial charge in [0.1, 0.15) is 0 Å². The topological polar surface area (TPSA) is 94.8 Å². The zero-order valence-corrected chi connectivity index (χ0v) is 8.56. The summed E-state index contributed by atoms with van der Waals surface area (Å²) >= 11 is 0. The molecule has 0 fully saturated rings. The molecule has 0 bridgehead atoms. The molecule has 0 aromatic carbocycles. The maximum absolute atomic E-state index is 9.84. The average molecular weight is 206 g/mol. The average Bonchev–Trinajstić information content (AvgIpc) is 2.05. The van der Waals surface area contributed by atoms with E-state index in [1.54, 1.807) is 0 Å². The van der Waals surface area contributed by atoms with E-state index in [9.17, 15) is 9.59 Å². The fourth-order valence-electron chi connectivity index (χ4n) is 0.611. The van der Waals surface area contributed by atoms with Crippen molar-refractivity contribution in [2.75, 3.05) is 0 Å². The molecule has 0 rings (SSSR count). The Bertz CT molecular complexity index is 167. The van der Waals surface area contributed by atoms with E-state index in [0.717, 1.165) is 6.42 Å². The van der Waals surface area contributed by atoms with E-state index in [1.165, 1.54) is 0 Å². The second-order valence-electron chi connectivity index (χ2n) is 2.79. The van der Waals surface area contributed by atoms with Crippen LogP contribution in [0.25, 0.3) is 0 Å². The molecule has 1 unspecified atom stereocenters. The minimum atomic E-state index is -1.17. The minimum absolute atomic E-state index is 0.292. The number of hydrogen-bond donors (Lipinski definition) is 3. The Kier molecular flexibility index (Phi) is 11.0. The summed E-state index contributed by atoms with van der Waals surface area (Å²) in [6.07, 6.45) is 0.901. The van der Waals surface area contributed by atoms with E-state index < -0.39 is 18.0 Å². The zero-order valence-electron chi connectivity index (χ0n) is 8.56. The van der Waals surface area contributed by atoms with Crippen molar-refractivity contribution in [3.63, 3.8) is 0 Å². The Balaban J connectivity index is 0. The lowest BCUT2D eigenvalue weighted by atomic mass is 10.2. The normalized spacial score (nSPS) is 11.1. The third-order valence-corrected chi connectivity index (χ3v) is 1.31. The SMILES string of the molecule is CCCC(=O)O.CCCC(O)C(=O)O. The summed E-state index contributed by atoms with van der Waals surface area (Å²) in [6.45, 7) is 3.67. The predicted octanol–water partition coefficient (Wildman–Crippen LogP) is 1.10. The van der Waals surface area contributed by atoms with Crippen molar-refractivity contribution in [3.05, 3.63) is 0 Å². The first-order chi connectivity index (χ1) is 6.45. The van der Waals surface area contributed by atoms with Crippen molar-refractivity contribution in [3.8, 4) is 0 Å². The van der Waals surface area contributed by atoms with Crippen LogP contribution in [0.1, 0.15) is 39.5 Å². The molecule has 3 N–H and O–H groups in total. The second kappa shape index (κ2) is 9.98. The highest BCUT2D eigenvalue weighted by atomic mass is 16.4. The zero-order chi connectivity index (χ0) is 11.6. The molecule has 0 saturated heterocycles. The summed E-state index contributed by atoms with van der Waals surface area (Å²) in [5.41, 5.74) is 0. The molecule has 1 atom stereocenters. The van der Waals surface area contributed by atoms with Gasteiger partial charge in [0.15, 0.2) is 6.10 Å². The van der Waals surface area contributed by atoms with Crippen LogP contribution in [0.2, 0.25) is 0 Å². The number of carboxylic acids is 2. The summed E-state index contributed by atoms with van der Waals surface area (Å²) in [7, 11) is 0. The molecular weight excluding hydrogens is 188 g/mol. The number of rotatable bonds is 5. The molecular formula is C9H18O5. The number of aliphatic carboxylic acids is 2. The fourth-order valence-corrected chi connectivity index (χ4v) is 0.611. The van der Waals surface area contributed by atoms with E-state index in [0.29, 0.717) is 19.3 Å². The van der Waals surface area contributed by atoms with Gasteiger partial charge in [-0.25, -0.2) is 4.79 Å². The summed E-state index contributed by atoms with van der Waals surface area (Å²) < 4.78 is 0. The first kappa shape index (κ1) is 15.4. The highest BCUT2D eigenvalue weighted by Gasteiger charge is 2.09. The van der Waals surface area contributed by atoms with Crippen LogP contribution in [0.5, 0.6) is 0 Å². The molecule has 0 saturated carbocycles. The number of carboxylic acid groups (broad SMARTS) is 2. The molecule has 0 heterocycles. The summed E-state index contributed by atoms with van der Waals surface area (Å²) in [5, 5.41) is 24.5. The van der Waals surface area contributed by atoms with Gasteiger partial charge in [-0.2, -0.15) is 0 Å². The van der Waals surface area contributed by atoms with E-state index in [1.807, 2.05) is 13.8 Å². The van der Waals surface area contributed by atoms with Crippen molar-refractivity contribution in [2.24, 2.45) is 0 Å². The maximum atomic E-state index is 9.84. The van der Waals surface area contributed by atoms with Gasteiger partial charge in [0.25, 0.3) is 0 Å². The van der Waals surface area contributed by atoms with Gasteiger partial charge >= 0.3 is 11.9 Å². The molecule has 0 aromatic heterocycles. The fraction of sp³-hybridized carbons (Fsp3) is 0.778. The molecule has 0 aliphatic rings. The number of hydrogen-bond acceptors (Lipinski definition) is 3. The van der Waals surface area contributed by atoms with Gasteiger partial charge in [0.2, 0.25) is 0 Å². The maximum Gasteiger partial charge on any atom is 0.332 e. The van der Waals surface area contributed by atoms with Crippen molar-refractivity contribution >= 4 is 11.9 Å². The molecule has 0 aliphatic carbocycles. The lowest BCUT2D eigenvalue weighted by Gasteiger charge is -1.99. The molecule has 0 amide bonds. The Morgan fingerprint density at radius 3 is 1.71 bits per heavy atom. The Labute approximate surface area is 83.4 Å². The van der Waals surface area contributed by atoms with Crippen LogP contribution in [-0.2, 0) is 9.59 Å². The number of aliphatic hydroxyl groups is 1. The molecule has 0 spiro atoms. The quantitative estimate of drug-likeness (QED) is 0.626. The van der Waals surface area contributed by atoms with E-state index >= 15 is 0 Å². The van der Waals surface area contributed by atoms with Crippen LogP contribution in [0.15, 0.2) is 0 Å².